The standard InChI is InChI=1S/C16H24N4O2S/c1-11(16(22)18-13-3-4-13)19-5-7-20(8-6-19)15(21)9-14-10-23-12(2)17-14/h10-11,13H,3-9H2,1-2H3,(H,18,22). The molecule has 1 N–H and O–H groups in total. The average Bonchev–Trinajstić information content (AvgIpc) is 3.27. The third kappa shape index (κ3) is 4.29. The van der Waals surface area contributed by atoms with Gasteiger partial charge in [0.05, 0.1) is 23.2 Å². The van der Waals surface area contributed by atoms with Gasteiger partial charge in [0, 0.05) is 37.6 Å². The monoisotopic (exact) mass is 336 g/mol. The summed E-state index contributed by atoms with van der Waals surface area (Å²) in [6.07, 6.45) is 2.59. The molecule has 0 aromatic carbocycles. The van der Waals surface area contributed by atoms with Gasteiger partial charge >= 0.3 is 0 Å². The number of carbonyl (C=O) groups excluding carboxylic acids is 2. The smallest absolute Gasteiger partial charge is 0.237 e. The van der Waals surface area contributed by atoms with Crippen LogP contribution in [0.5, 0.6) is 0 Å². The van der Waals surface area contributed by atoms with Crippen molar-refractivity contribution >= 4 is 23.2 Å². The first-order valence-corrected chi connectivity index (χ1v) is 9.14. The molecule has 0 radical (unpaired) electrons. The van der Waals surface area contributed by atoms with E-state index in [2.05, 4.69) is 15.2 Å². The average molecular weight is 336 g/mol. The van der Waals surface area contributed by atoms with Crippen LogP contribution in [0.4, 0.5) is 0 Å². The maximum absolute atomic E-state index is 12.3. The van der Waals surface area contributed by atoms with E-state index in [0.717, 1.165) is 36.6 Å². The van der Waals surface area contributed by atoms with E-state index in [1.165, 1.54) is 0 Å². The molecule has 1 saturated heterocycles. The van der Waals surface area contributed by atoms with Crippen LogP contribution in [0.25, 0.3) is 0 Å². The number of rotatable bonds is 5. The number of amides is 2. The molecule has 1 unspecified atom stereocenters. The molecule has 2 aliphatic rings. The number of nitrogens with one attached hydrogen (secondary N) is 1. The minimum atomic E-state index is -0.117. The number of carbonyl (C=O) groups is 2. The van der Waals surface area contributed by atoms with Gasteiger partial charge in [0.2, 0.25) is 11.8 Å². The van der Waals surface area contributed by atoms with Crippen LogP contribution in [0, 0.1) is 6.92 Å². The minimum Gasteiger partial charge on any atom is -0.352 e. The van der Waals surface area contributed by atoms with Gasteiger partial charge in [-0.15, -0.1) is 11.3 Å². The normalized spacial score (nSPS) is 20.3. The van der Waals surface area contributed by atoms with Crippen molar-refractivity contribution < 1.29 is 9.59 Å². The Labute approximate surface area is 140 Å². The molecule has 0 bridgehead atoms. The zero-order valence-electron chi connectivity index (χ0n) is 13.7. The van der Waals surface area contributed by atoms with E-state index in [-0.39, 0.29) is 17.9 Å². The van der Waals surface area contributed by atoms with Gasteiger partial charge in [0.15, 0.2) is 0 Å². The highest BCUT2D eigenvalue weighted by Crippen LogP contribution is 2.19. The van der Waals surface area contributed by atoms with Crippen molar-refractivity contribution in [2.75, 3.05) is 26.2 Å². The lowest BCUT2D eigenvalue weighted by atomic mass is 10.2. The Bertz CT molecular complexity index is 576. The quantitative estimate of drug-likeness (QED) is 0.864. The van der Waals surface area contributed by atoms with Crippen LogP contribution >= 0.6 is 11.3 Å². The maximum atomic E-state index is 12.3. The first-order valence-electron chi connectivity index (χ1n) is 8.26. The highest BCUT2D eigenvalue weighted by Gasteiger charge is 2.30. The SMILES string of the molecule is Cc1nc(CC(=O)N2CCN(C(C)C(=O)NC3CC3)CC2)cs1. The largest absolute Gasteiger partial charge is 0.352 e. The minimum absolute atomic E-state index is 0.116. The fourth-order valence-electron chi connectivity index (χ4n) is 2.83. The Morgan fingerprint density at radius 3 is 2.61 bits per heavy atom. The first-order chi connectivity index (χ1) is 11.0. The second-order valence-electron chi connectivity index (χ2n) is 6.41. The third-order valence-corrected chi connectivity index (χ3v) is 5.34. The number of piperazine rings is 1. The number of aryl methyl sites for hydroxylation is 1. The van der Waals surface area contributed by atoms with Gasteiger partial charge in [0.25, 0.3) is 0 Å². The lowest BCUT2D eigenvalue weighted by Gasteiger charge is -2.37. The van der Waals surface area contributed by atoms with E-state index in [1.54, 1.807) is 11.3 Å². The molecule has 126 valence electrons. The molecule has 2 fully saturated rings. The highest BCUT2D eigenvalue weighted by atomic mass is 32.1. The van der Waals surface area contributed by atoms with Crippen LogP contribution < -0.4 is 5.32 Å². The molecule has 6 nitrogen and oxygen atoms in total. The Morgan fingerprint density at radius 1 is 1.35 bits per heavy atom. The topological polar surface area (TPSA) is 65.5 Å². The number of nitrogens with zero attached hydrogens (tertiary/aromatic N) is 3. The third-order valence-electron chi connectivity index (χ3n) is 4.52. The molecule has 1 aromatic heterocycles. The van der Waals surface area contributed by atoms with Gasteiger partial charge in [0.1, 0.15) is 0 Å². The van der Waals surface area contributed by atoms with Gasteiger partial charge in [-0.2, -0.15) is 0 Å². The summed E-state index contributed by atoms with van der Waals surface area (Å²) in [5.74, 6) is 0.246. The lowest BCUT2D eigenvalue weighted by Crippen LogP contribution is -2.55. The van der Waals surface area contributed by atoms with Crippen LogP contribution in [-0.2, 0) is 16.0 Å². The van der Waals surface area contributed by atoms with Crippen molar-refractivity contribution in [2.24, 2.45) is 0 Å². The Morgan fingerprint density at radius 2 is 2.04 bits per heavy atom. The van der Waals surface area contributed by atoms with Crippen molar-refractivity contribution in [1.82, 2.24) is 20.1 Å². The van der Waals surface area contributed by atoms with Crippen molar-refractivity contribution in [1.29, 1.82) is 0 Å². The van der Waals surface area contributed by atoms with Crippen molar-refractivity contribution in [2.45, 2.75) is 45.2 Å². The van der Waals surface area contributed by atoms with Crippen molar-refractivity contribution in [3.05, 3.63) is 16.1 Å². The molecule has 1 saturated carbocycles. The second kappa shape index (κ2) is 6.97. The molecule has 7 heteroatoms. The molecular weight excluding hydrogens is 312 g/mol. The predicted molar refractivity (Wildman–Crippen MR) is 89.3 cm³/mol. The molecule has 1 aliphatic carbocycles. The van der Waals surface area contributed by atoms with Gasteiger partial charge in [-0.25, -0.2) is 4.98 Å². The van der Waals surface area contributed by atoms with E-state index in [9.17, 15) is 9.59 Å². The molecule has 3 rings (SSSR count). The van der Waals surface area contributed by atoms with Gasteiger partial charge < -0.3 is 10.2 Å². The molecule has 2 heterocycles. The summed E-state index contributed by atoms with van der Waals surface area (Å²) in [5.41, 5.74) is 0.858. The molecule has 1 aromatic rings. The van der Waals surface area contributed by atoms with Crippen LogP contribution in [0.3, 0.4) is 0 Å². The molecule has 1 atom stereocenters. The summed E-state index contributed by atoms with van der Waals surface area (Å²) in [4.78, 5) is 32.8. The van der Waals surface area contributed by atoms with E-state index in [1.807, 2.05) is 24.1 Å². The molecule has 2 amide bonds. The van der Waals surface area contributed by atoms with E-state index in [0.29, 0.717) is 25.6 Å². The lowest BCUT2D eigenvalue weighted by molar-refractivity contribution is -0.133. The van der Waals surface area contributed by atoms with E-state index in [4.69, 9.17) is 0 Å². The van der Waals surface area contributed by atoms with Crippen molar-refractivity contribution in [3.8, 4) is 0 Å². The highest BCUT2D eigenvalue weighted by molar-refractivity contribution is 7.09. The molecule has 23 heavy (non-hydrogen) atoms. The number of hydrogen-bond acceptors (Lipinski definition) is 5. The summed E-state index contributed by atoms with van der Waals surface area (Å²) in [7, 11) is 0. The van der Waals surface area contributed by atoms with Crippen LogP contribution in [0.15, 0.2) is 5.38 Å². The maximum Gasteiger partial charge on any atom is 0.237 e. The Balaban J connectivity index is 1.45. The molecule has 1 aliphatic heterocycles. The summed E-state index contributed by atoms with van der Waals surface area (Å²) in [6.45, 7) is 6.77. The van der Waals surface area contributed by atoms with Crippen molar-refractivity contribution in [3.63, 3.8) is 0 Å². The summed E-state index contributed by atoms with van der Waals surface area (Å²) < 4.78 is 0. The Hall–Kier alpha value is -1.47. The molecular formula is C16H24N4O2S. The Kier molecular flexibility index (Phi) is 4.96. The first kappa shape index (κ1) is 16.4. The number of thiazole rings is 1. The van der Waals surface area contributed by atoms with Gasteiger partial charge in [-0.3, -0.25) is 14.5 Å². The zero-order valence-corrected chi connectivity index (χ0v) is 14.6. The van der Waals surface area contributed by atoms with E-state index >= 15 is 0 Å². The fourth-order valence-corrected chi connectivity index (χ4v) is 3.44. The van der Waals surface area contributed by atoms with Crippen LogP contribution in [0.2, 0.25) is 0 Å². The predicted octanol–water partition coefficient (Wildman–Crippen LogP) is 0.805. The summed E-state index contributed by atoms with van der Waals surface area (Å²) in [5, 5.41) is 6.00. The van der Waals surface area contributed by atoms with Gasteiger partial charge in [-0.05, 0) is 26.7 Å². The molecule has 0 spiro atoms. The fraction of sp³-hybridized carbons (Fsp3) is 0.688. The number of hydrogen-bond donors (Lipinski definition) is 1. The van der Waals surface area contributed by atoms with Gasteiger partial charge in [-0.1, -0.05) is 0 Å². The van der Waals surface area contributed by atoms with Crippen LogP contribution in [0.1, 0.15) is 30.5 Å². The summed E-state index contributed by atoms with van der Waals surface area (Å²) in [6, 6.07) is 0.281. The summed E-state index contributed by atoms with van der Waals surface area (Å²) >= 11 is 1.58. The van der Waals surface area contributed by atoms with Crippen LogP contribution in [-0.4, -0.2) is 64.9 Å². The van der Waals surface area contributed by atoms with E-state index < -0.39 is 0 Å². The second-order valence-corrected chi connectivity index (χ2v) is 7.47. The number of aromatic nitrogens is 1. The zero-order chi connectivity index (χ0) is 16.4.